The maximum atomic E-state index is 6.16. The first kappa shape index (κ1) is 15.8. The molecular weight excluding hydrogens is 356 g/mol. The van der Waals surface area contributed by atoms with Gasteiger partial charge in [-0.2, -0.15) is 4.98 Å². The first-order valence-electron chi connectivity index (χ1n) is 8.48. The Balaban J connectivity index is 1.65. The van der Waals surface area contributed by atoms with Crippen LogP contribution in [0.25, 0.3) is 32.6 Å². The first-order chi connectivity index (χ1) is 13.3. The van der Waals surface area contributed by atoms with Gasteiger partial charge in [0.2, 0.25) is 5.88 Å². The van der Waals surface area contributed by atoms with Crippen molar-refractivity contribution in [3.8, 4) is 23.1 Å². The second-order valence-corrected chi connectivity index (χ2v) is 7.00. The summed E-state index contributed by atoms with van der Waals surface area (Å²) in [6, 6.07) is 19.5. The number of aryl methyl sites for hydroxylation is 1. The third-order valence-corrected chi connectivity index (χ3v) is 4.99. The Morgan fingerprint density at radius 3 is 2.70 bits per heavy atom. The van der Waals surface area contributed by atoms with Crippen LogP contribution in [-0.2, 0) is 0 Å². The molecule has 0 bridgehead atoms. The highest BCUT2D eigenvalue weighted by molar-refractivity contribution is 7.16. The van der Waals surface area contributed by atoms with Gasteiger partial charge in [-0.3, -0.25) is 0 Å². The van der Waals surface area contributed by atoms with Crippen LogP contribution in [0.1, 0.15) is 5.69 Å². The summed E-state index contributed by atoms with van der Waals surface area (Å²) in [6.45, 7) is 1.95. The van der Waals surface area contributed by atoms with Crippen molar-refractivity contribution < 1.29 is 4.74 Å². The first-order valence-corrected chi connectivity index (χ1v) is 9.36. The monoisotopic (exact) mass is 370 g/mol. The van der Waals surface area contributed by atoms with E-state index in [1.807, 2.05) is 73.1 Å². The number of hydrogen-bond donors (Lipinski definition) is 0. The molecule has 5 rings (SSSR count). The number of para-hydroxylation sites is 1. The molecule has 0 saturated carbocycles. The highest BCUT2D eigenvalue weighted by Crippen LogP contribution is 2.31. The minimum Gasteiger partial charge on any atom is -0.438 e. The van der Waals surface area contributed by atoms with Gasteiger partial charge in [-0.05, 0) is 43.3 Å². The predicted octanol–water partition coefficient (Wildman–Crippen LogP) is 5.40. The van der Waals surface area contributed by atoms with Crippen LogP contribution in [0.3, 0.4) is 0 Å². The van der Waals surface area contributed by atoms with Gasteiger partial charge in [-0.1, -0.05) is 18.2 Å². The molecule has 0 saturated heterocycles. The third kappa shape index (κ3) is 3.00. The molecule has 3 aromatic heterocycles. The second-order valence-electron chi connectivity index (χ2n) is 6.12. The standard InChI is InChI=1S/C21H14N4OS/c1-13-5-4-8-18(23-13)20-24-16-7-3-2-6-15(16)21(25-20)26-14-9-10-17-19(11-14)27-12-22-17/h2-12H,1H3. The van der Waals surface area contributed by atoms with Gasteiger partial charge in [-0.25, -0.2) is 15.0 Å². The maximum Gasteiger partial charge on any atom is 0.230 e. The number of rotatable bonds is 3. The summed E-state index contributed by atoms with van der Waals surface area (Å²) in [6.07, 6.45) is 0. The number of benzene rings is 2. The Bertz CT molecular complexity index is 1280. The van der Waals surface area contributed by atoms with Crippen molar-refractivity contribution >= 4 is 32.5 Å². The molecule has 0 amide bonds. The Hall–Kier alpha value is -3.38. The third-order valence-electron chi connectivity index (χ3n) is 4.20. The normalized spacial score (nSPS) is 11.1. The van der Waals surface area contributed by atoms with Gasteiger partial charge in [0, 0.05) is 11.8 Å². The van der Waals surface area contributed by atoms with Crippen molar-refractivity contribution in [1.29, 1.82) is 0 Å². The van der Waals surface area contributed by atoms with Gasteiger partial charge in [0.25, 0.3) is 0 Å². The number of aromatic nitrogens is 4. The zero-order valence-corrected chi connectivity index (χ0v) is 15.3. The van der Waals surface area contributed by atoms with Crippen LogP contribution in [0.15, 0.2) is 66.2 Å². The fraction of sp³-hybridized carbons (Fsp3) is 0.0476. The molecule has 0 aliphatic rings. The topological polar surface area (TPSA) is 60.8 Å². The molecule has 130 valence electrons. The molecule has 0 spiro atoms. The van der Waals surface area contributed by atoms with Crippen molar-refractivity contribution in [2.75, 3.05) is 0 Å². The summed E-state index contributed by atoms with van der Waals surface area (Å²) < 4.78 is 7.24. The SMILES string of the molecule is Cc1cccc(-c2nc(Oc3ccc4ncsc4c3)c3ccccc3n2)n1. The molecule has 5 nitrogen and oxygen atoms in total. The van der Waals surface area contributed by atoms with Gasteiger partial charge in [0.15, 0.2) is 5.82 Å². The molecule has 6 heteroatoms. The van der Waals surface area contributed by atoms with E-state index in [-0.39, 0.29) is 0 Å². The number of nitrogens with zero attached hydrogens (tertiary/aromatic N) is 4. The van der Waals surface area contributed by atoms with Gasteiger partial charge in [-0.15, -0.1) is 11.3 Å². The lowest BCUT2D eigenvalue weighted by Crippen LogP contribution is -1.98. The van der Waals surface area contributed by atoms with E-state index < -0.39 is 0 Å². The van der Waals surface area contributed by atoms with Crippen LogP contribution in [-0.4, -0.2) is 19.9 Å². The molecule has 0 fully saturated rings. The lowest BCUT2D eigenvalue weighted by atomic mass is 10.2. The highest BCUT2D eigenvalue weighted by atomic mass is 32.1. The summed E-state index contributed by atoms with van der Waals surface area (Å²) in [5.74, 6) is 1.78. The van der Waals surface area contributed by atoms with Gasteiger partial charge in [0.1, 0.15) is 11.4 Å². The number of pyridine rings is 1. The van der Waals surface area contributed by atoms with Crippen LogP contribution < -0.4 is 4.74 Å². The molecule has 27 heavy (non-hydrogen) atoms. The summed E-state index contributed by atoms with van der Waals surface area (Å²) in [5, 5.41) is 0.860. The van der Waals surface area contributed by atoms with E-state index >= 15 is 0 Å². The van der Waals surface area contributed by atoms with Crippen molar-refractivity contribution in [2.24, 2.45) is 0 Å². The smallest absolute Gasteiger partial charge is 0.230 e. The Kier molecular flexibility index (Phi) is 3.76. The lowest BCUT2D eigenvalue weighted by Gasteiger charge is -2.10. The van der Waals surface area contributed by atoms with Crippen molar-refractivity contribution in [3.05, 3.63) is 71.9 Å². The number of hydrogen-bond acceptors (Lipinski definition) is 6. The zero-order chi connectivity index (χ0) is 18.2. The molecule has 0 atom stereocenters. The Labute approximate surface area is 159 Å². The van der Waals surface area contributed by atoms with Crippen LogP contribution in [0.4, 0.5) is 0 Å². The van der Waals surface area contributed by atoms with E-state index in [0.717, 1.165) is 38.3 Å². The van der Waals surface area contributed by atoms with Crippen LogP contribution >= 0.6 is 11.3 Å². The molecule has 0 aliphatic carbocycles. The van der Waals surface area contributed by atoms with Crippen LogP contribution in [0.2, 0.25) is 0 Å². The largest absolute Gasteiger partial charge is 0.438 e. The molecule has 0 radical (unpaired) electrons. The van der Waals surface area contributed by atoms with E-state index in [0.29, 0.717) is 11.7 Å². The van der Waals surface area contributed by atoms with Gasteiger partial charge >= 0.3 is 0 Å². The van der Waals surface area contributed by atoms with Gasteiger partial charge in [0.05, 0.1) is 26.6 Å². The minimum atomic E-state index is 0.516. The molecule has 5 aromatic rings. The van der Waals surface area contributed by atoms with E-state index in [9.17, 15) is 0 Å². The maximum absolute atomic E-state index is 6.16. The minimum absolute atomic E-state index is 0.516. The molecule has 0 aliphatic heterocycles. The average molecular weight is 370 g/mol. The quantitative estimate of drug-likeness (QED) is 0.425. The van der Waals surface area contributed by atoms with Crippen LogP contribution in [0.5, 0.6) is 11.6 Å². The predicted molar refractivity (Wildman–Crippen MR) is 107 cm³/mol. The number of fused-ring (bicyclic) bond motifs is 2. The Morgan fingerprint density at radius 2 is 1.78 bits per heavy atom. The summed E-state index contributed by atoms with van der Waals surface area (Å²) in [7, 11) is 0. The molecule has 2 aromatic carbocycles. The fourth-order valence-electron chi connectivity index (χ4n) is 2.92. The molecule has 3 heterocycles. The van der Waals surface area contributed by atoms with E-state index in [2.05, 4.69) is 19.9 Å². The Morgan fingerprint density at radius 1 is 0.852 bits per heavy atom. The zero-order valence-electron chi connectivity index (χ0n) is 14.5. The second kappa shape index (κ2) is 6.41. The van der Waals surface area contributed by atoms with Crippen molar-refractivity contribution in [3.63, 3.8) is 0 Å². The summed E-state index contributed by atoms with van der Waals surface area (Å²) in [4.78, 5) is 18.2. The lowest BCUT2D eigenvalue weighted by molar-refractivity contribution is 0.469. The average Bonchev–Trinajstić information content (AvgIpc) is 3.16. The summed E-state index contributed by atoms with van der Waals surface area (Å²) >= 11 is 1.58. The van der Waals surface area contributed by atoms with Crippen molar-refractivity contribution in [2.45, 2.75) is 6.92 Å². The van der Waals surface area contributed by atoms with Crippen molar-refractivity contribution in [1.82, 2.24) is 19.9 Å². The number of ether oxygens (including phenoxy) is 1. The van der Waals surface area contributed by atoms with Crippen LogP contribution in [0, 0.1) is 6.92 Å². The summed E-state index contributed by atoms with van der Waals surface area (Å²) in [5.41, 5.74) is 5.26. The molecule has 0 unspecified atom stereocenters. The fourth-order valence-corrected chi connectivity index (χ4v) is 3.62. The highest BCUT2D eigenvalue weighted by Gasteiger charge is 2.12. The van der Waals surface area contributed by atoms with E-state index in [1.165, 1.54) is 0 Å². The molecule has 0 N–H and O–H groups in total. The van der Waals surface area contributed by atoms with E-state index in [4.69, 9.17) is 4.74 Å². The molecular formula is C21H14N4OS. The van der Waals surface area contributed by atoms with Gasteiger partial charge < -0.3 is 4.74 Å². The van der Waals surface area contributed by atoms with E-state index in [1.54, 1.807) is 11.3 Å². The number of thiazole rings is 1.